The second-order valence-corrected chi connectivity index (χ2v) is 10.5. The second kappa shape index (κ2) is 7.84. The van der Waals surface area contributed by atoms with E-state index in [4.69, 9.17) is 10.1 Å². The molecule has 1 amide bonds. The Morgan fingerprint density at radius 2 is 2.07 bits per heavy atom. The van der Waals surface area contributed by atoms with E-state index in [9.17, 15) is 18.3 Å². The van der Waals surface area contributed by atoms with Crippen LogP contribution in [0.3, 0.4) is 0 Å². The Hall–Kier alpha value is -1.72. The number of hydrogen-bond acceptors (Lipinski definition) is 6. The predicted molar refractivity (Wildman–Crippen MR) is 112 cm³/mol. The van der Waals surface area contributed by atoms with Crippen molar-refractivity contribution in [3.05, 3.63) is 29.6 Å². The van der Waals surface area contributed by atoms with Gasteiger partial charge in [0.05, 0.1) is 11.3 Å². The second-order valence-electron chi connectivity index (χ2n) is 8.12. The minimum Gasteiger partial charge on any atom is -0.375 e. The first-order valence-electron chi connectivity index (χ1n) is 9.43. The van der Waals surface area contributed by atoms with Crippen LogP contribution in [-0.4, -0.2) is 70.1 Å². The average Bonchev–Trinajstić information content (AvgIpc) is 2.62. The van der Waals surface area contributed by atoms with E-state index in [0.29, 0.717) is 31.6 Å². The van der Waals surface area contributed by atoms with E-state index in [-0.39, 0.29) is 29.7 Å². The van der Waals surface area contributed by atoms with Crippen LogP contribution in [-0.2, 0) is 15.1 Å². The van der Waals surface area contributed by atoms with E-state index in [2.05, 4.69) is 15.5 Å². The van der Waals surface area contributed by atoms with Crippen molar-refractivity contribution < 1.29 is 23.0 Å². The zero-order valence-corrected chi connectivity index (χ0v) is 17.7. The molecule has 2 saturated heterocycles. The number of ether oxygens (including phenoxy) is 1. The number of carbonyl (C=O) groups is 1. The Balaban J connectivity index is 1.92. The van der Waals surface area contributed by atoms with Crippen LogP contribution in [0.5, 0.6) is 0 Å². The maximum Gasteiger partial charge on any atom is 0.250 e. The van der Waals surface area contributed by atoms with Gasteiger partial charge in [0.15, 0.2) is 0 Å². The largest absolute Gasteiger partial charge is 0.375 e. The number of anilines is 1. The van der Waals surface area contributed by atoms with Gasteiger partial charge in [0.25, 0.3) is 0 Å². The van der Waals surface area contributed by atoms with E-state index in [1.54, 1.807) is 6.92 Å². The molecule has 2 aliphatic rings. The highest BCUT2D eigenvalue weighted by Crippen LogP contribution is 2.62. The van der Waals surface area contributed by atoms with Gasteiger partial charge >= 0.3 is 0 Å². The van der Waals surface area contributed by atoms with Crippen molar-refractivity contribution >= 4 is 28.0 Å². The molecule has 10 heteroatoms. The van der Waals surface area contributed by atoms with Gasteiger partial charge in [-0.25, -0.2) is 4.39 Å². The van der Waals surface area contributed by atoms with Crippen LogP contribution in [0, 0.1) is 11.2 Å². The molecule has 1 atom stereocenters. The van der Waals surface area contributed by atoms with Gasteiger partial charge in [-0.05, 0) is 45.0 Å². The Bertz CT molecular complexity index is 813. The molecule has 2 fully saturated rings. The van der Waals surface area contributed by atoms with Crippen LogP contribution in [0.4, 0.5) is 10.1 Å². The van der Waals surface area contributed by atoms with Crippen molar-refractivity contribution in [1.82, 2.24) is 10.2 Å². The molecule has 2 aliphatic heterocycles. The standard InChI is InChI=1S/C19H29FN4O4S/c1-18(14-10-13(4-5-15(14)20)22-16(25)11-28-3)12-29(26,27)19(17(21)23-18)6-8-24(2)9-7-19/h4-5,10,26-27H,6-9,11-12H2,1-3H3,(H2,21,23)(H,22,25)/t18-/m0/s1. The Labute approximate surface area is 171 Å². The third-order valence-corrected chi connectivity index (χ3v) is 8.73. The molecule has 162 valence electrons. The molecule has 5 N–H and O–H groups in total. The fourth-order valence-electron chi connectivity index (χ4n) is 4.19. The summed E-state index contributed by atoms with van der Waals surface area (Å²) in [6, 6.07) is 4.12. The number of piperidine rings is 1. The van der Waals surface area contributed by atoms with E-state index < -0.39 is 26.7 Å². The van der Waals surface area contributed by atoms with Crippen LogP contribution >= 0.6 is 10.6 Å². The number of nitrogens with zero attached hydrogens (tertiary/aromatic N) is 1. The highest BCUT2D eigenvalue weighted by Gasteiger charge is 2.56. The number of rotatable bonds is 4. The molecular weight excluding hydrogens is 399 g/mol. The summed E-state index contributed by atoms with van der Waals surface area (Å²) in [6.07, 6.45) is 0.923. The third kappa shape index (κ3) is 3.99. The molecule has 0 aromatic heterocycles. The molecule has 1 spiro atoms. The van der Waals surface area contributed by atoms with Crippen molar-refractivity contribution in [2.75, 3.05) is 44.9 Å². The number of nitrogens with one attached hydrogen (secondary N) is 3. The van der Waals surface area contributed by atoms with Crippen LogP contribution in [0.1, 0.15) is 25.3 Å². The SMILES string of the molecule is COCC(=O)Nc1ccc(F)c([C@]2(C)CS(O)(O)C3(CCN(C)CC3)C(=N)N2)c1. The molecule has 8 nitrogen and oxygen atoms in total. The van der Waals surface area contributed by atoms with Crippen molar-refractivity contribution in [2.24, 2.45) is 0 Å². The number of likely N-dealkylation sites (tertiary alicyclic amines) is 1. The van der Waals surface area contributed by atoms with Gasteiger partial charge in [0.1, 0.15) is 23.0 Å². The van der Waals surface area contributed by atoms with Crippen LogP contribution in [0.15, 0.2) is 18.2 Å². The Kier molecular flexibility index (Phi) is 5.94. The molecule has 29 heavy (non-hydrogen) atoms. The predicted octanol–water partition coefficient (Wildman–Crippen LogP) is 2.42. The number of amides is 1. The fourth-order valence-corrected chi connectivity index (χ4v) is 6.71. The fraction of sp³-hybridized carbons (Fsp3) is 0.579. The van der Waals surface area contributed by atoms with Crippen molar-refractivity contribution in [3.63, 3.8) is 0 Å². The first kappa shape index (κ1) is 22.0. The average molecular weight is 429 g/mol. The van der Waals surface area contributed by atoms with E-state index >= 15 is 0 Å². The summed E-state index contributed by atoms with van der Waals surface area (Å²) in [7, 11) is 0.137. The number of hydrogen-bond donors (Lipinski definition) is 5. The maximum absolute atomic E-state index is 14.7. The monoisotopic (exact) mass is 428 g/mol. The van der Waals surface area contributed by atoms with Crippen LogP contribution in [0.25, 0.3) is 0 Å². The number of methoxy groups -OCH3 is 1. The van der Waals surface area contributed by atoms with Crippen LogP contribution in [0.2, 0.25) is 0 Å². The molecule has 0 aliphatic carbocycles. The quantitative estimate of drug-likeness (QED) is 0.503. The van der Waals surface area contributed by atoms with Gasteiger partial charge in [-0.2, -0.15) is 10.6 Å². The van der Waals surface area contributed by atoms with Crippen molar-refractivity contribution in [1.29, 1.82) is 5.41 Å². The lowest BCUT2D eigenvalue weighted by Crippen LogP contribution is -2.66. The molecule has 0 unspecified atom stereocenters. The minimum atomic E-state index is -3.22. The van der Waals surface area contributed by atoms with E-state index in [1.807, 2.05) is 7.05 Å². The summed E-state index contributed by atoms with van der Waals surface area (Å²) in [5.41, 5.74) is -0.661. The smallest absolute Gasteiger partial charge is 0.250 e. The van der Waals surface area contributed by atoms with Crippen molar-refractivity contribution in [3.8, 4) is 0 Å². The maximum atomic E-state index is 14.7. The van der Waals surface area contributed by atoms with Crippen molar-refractivity contribution in [2.45, 2.75) is 30.1 Å². The zero-order valence-electron chi connectivity index (χ0n) is 16.9. The minimum absolute atomic E-state index is 0.0348. The Morgan fingerprint density at radius 3 is 2.66 bits per heavy atom. The highest BCUT2D eigenvalue weighted by atomic mass is 32.3. The third-order valence-electron chi connectivity index (χ3n) is 5.89. The van der Waals surface area contributed by atoms with E-state index in [1.165, 1.54) is 25.3 Å². The summed E-state index contributed by atoms with van der Waals surface area (Å²) < 4.78 is 40.7. The Morgan fingerprint density at radius 1 is 1.41 bits per heavy atom. The number of carbonyl (C=O) groups excluding carboxylic acids is 1. The van der Waals surface area contributed by atoms with Gasteiger partial charge in [-0.15, -0.1) is 0 Å². The van der Waals surface area contributed by atoms with Gasteiger partial charge in [-0.1, -0.05) is 0 Å². The lowest BCUT2D eigenvalue weighted by Gasteiger charge is -2.60. The molecule has 1 aromatic rings. The molecular formula is C19H29FN4O4S. The number of benzene rings is 1. The molecule has 0 bridgehead atoms. The number of amidine groups is 1. The highest BCUT2D eigenvalue weighted by molar-refractivity contribution is 8.26. The first-order valence-corrected chi connectivity index (χ1v) is 11.1. The van der Waals surface area contributed by atoms with Gasteiger partial charge in [0.2, 0.25) is 5.91 Å². The lowest BCUT2D eigenvalue weighted by atomic mass is 9.88. The molecule has 2 heterocycles. The summed E-state index contributed by atoms with van der Waals surface area (Å²) in [5, 5.41) is 14.3. The normalized spacial score (nSPS) is 27.3. The lowest BCUT2D eigenvalue weighted by molar-refractivity contribution is -0.119. The molecule has 3 rings (SSSR count). The van der Waals surface area contributed by atoms with E-state index in [0.717, 1.165) is 0 Å². The topological polar surface area (TPSA) is 118 Å². The van der Waals surface area contributed by atoms with Gasteiger partial charge in [0, 0.05) is 31.5 Å². The summed E-state index contributed by atoms with van der Waals surface area (Å²) >= 11 is 0. The summed E-state index contributed by atoms with van der Waals surface area (Å²) in [4.78, 5) is 13.9. The summed E-state index contributed by atoms with van der Waals surface area (Å²) in [5.74, 6) is -1.01. The zero-order chi connectivity index (χ0) is 21.4. The van der Waals surface area contributed by atoms with Crippen LogP contribution < -0.4 is 10.6 Å². The number of halogens is 1. The summed E-state index contributed by atoms with van der Waals surface area (Å²) in [6.45, 7) is 2.83. The molecule has 0 radical (unpaired) electrons. The van der Waals surface area contributed by atoms with Gasteiger partial charge in [-0.3, -0.25) is 19.3 Å². The molecule has 1 aromatic carbocycles. The first-order chi connectivity index (χ1) is 13.5. The molecule has 0 saturated carbocycles. The van der Waals surface area contributed by atoms with Gasteiger partial charge < -0.3 is 20.3 Å².